The van der Waals surface area contributed by atoms with Crippen molar-refractivity contribution in [1.82, 2.24) is 14.5 Å². The topological polar surface area (TPSA) is 81.5 Å². The van der Waals surface area contributed by atoms with Crippen LogP contribution in [0.15, 0.2) is 29.3 Å². The second kappa shape index (κ2) is 9.67. The van der Waals surface area contributed by atoms with E-state index in [1.807, 2.05) is 30.9 Å². The Morgan fingerprint density at radius 3 is 2.72 bits per heavy atom. The zero-order valence-electron chi connectivity index (χ0n) is 17.2. The van der Waals surface area contributed by atoms with Gasteiger partial charge in [-0.1, -0.05) is 31.4 Å². The first-order chi connectivity index (χ1) is 14.0. The lowest BCUT2D eigenvalue weighted by molar-refractivity contribution is -0.153. The summed E-state index contributed by atoms with van der Waals surface area (Å²) in [6.07, 6.45) is 7.01. The zero-order valence-corrected chi connectivity index (χ0v) is 17.2. The molecule has 29 heavy (non-hydrogen) atoms. The van der Waals surface area contributed by atoms with Gasteiger partial charge in [0, 0.05) is 19.1 Å². The van der Waals surface area contributed by atoms with Crippen LogP contribution in [0.3, 0.4) is 0 Å². The van der Waals surface area contributed by atoms with Crippen LogP contribution >= 0.6 is 0 Å². The molecule has 7 nitrogen and oxygen atoms in total. The molecule has 1 saturated carbocycles. The van der Waals surface area contributed by atoms with Crippen LogP contribution in [0, 0.1) is 6.92 Å². The lowest BCUT2D eigenvalue weighted by Gasteiger charge is -2.33. The molecule has 0 atom stereocenters. The van der Waals surface area contributed by atoms with Crippen molar-refractivity contribution >= 4 is 22.8 Å². The molecule has 156 valence electrons. The molecule has 0 spiro atoms. The third-order valence-corrected chi connectivity index (χ3v) is 5.65. The maximum atomic E-state index is 12.6. The van der Waals surface area contributed by atoms with Crippen LogP contribution in [0.5, 0.6) is 0 Å². The minimum Gasteiger partial charge on any atom is -0.456 e. The fourth-order valence-corrected chi connectivity index (χ4v) is 4.04. The van der Waals surface area contributed by atoms with Crippen LogP contribution in [-0.4, -0.2) is 45.5 Å². The average Bonchev–Trinajstić information content (AvgIpc) is 2.73. The molecule has 0 unspecified atom stereocenters. The van der Waals surface area contributed by atoms with Gasteiger partial charge in [-0.25, -0.2) is 4.98 Å². The van der Waals surface area contributed by atoms with Gasteiger partial charge in [-0.3, -0.25) is 19.0 Å². The number of esters is 1. The number of carbonyl (C=O) groups is 2. The molecule has 0 radical (unpaired) electrons. The number of likely N-dealkylation sites (N-methyl/N-ethyl adjacent to an activating group) is 1. The number of nitrogens with zero attached hydrogens (tertiary/aromatic N) is 3. The lowest BCUT2D eigenvalue weighted by atomic mass is 9.94. The highest BCUT2D eigenvalue weighted by atomic mass is 16.5. The predicted molar refractivity (Wildman–Crippen MR) is 111 cm³/mol. The minimum absolute atomic E-state index is 0.0156. The smallest absolute Gasteiger partial charge is 0.308 e. The van der Waals surface area contributed by atoms with E-state index < -0.39 is 5.97 Å². The highest BCUT2D eigenvalue weighted by molar-refractivity contribution is 5.81. The van der Waals surface area contributed by atoms with E-state index in [0.29, 0.717) is 17.4 Å². The number of fused-ring (bicyclic) bond motifs is 1. The Balaban J connectivity index is 1.53. The summed E-state index contributed by atoms with van der Waals surface area (Å²) in [4.78, 5) is 43.3. The van der Waals surface area contributed by atoms with Crippen LogP contribution in [0.1, 0.15) is 51.0 Å². The number of aromatic nitrogens is 2. The van der Waals surface area contributed by atoms with Gasteiger partial charge in [0.15, 0.2) is 6.61 Å². The molecular formula is C22H29N3O4. The maximum Gasteiger partial charge on any atom is 0.308 e. The summed E-state index contributed by atoms with van der Waals surface area (Å²) in [6, 6.07) is 5.71. The summed E-state index contributed by atoms with van der Waals surface area (Å²) in [5.41, 5.74) is 1.42. The molecule has 1 aromatic heterocycles. The van der Waals surface area contributed by atoms with E-state index >= 15 is 0 Å². The Bertz CT molecular complexity index is 931. The van der Waals surface area contributed by atoms with Crippen molar-refractivity contribution in [1.29, 1.82) is 0 Å². The molecule has 7 heteroatoms. The average molecular weight is 399 g/mol. The Kier molecular flexibility index (Phi) is 7.01. The molecule has 1 aromatic carbocycles. The molecule has 0 saturated heterocycles. The van der Waals surface area contributed by atoms with Gasteiger partial charge in [0.05, 0.1) is 23.7 Å². The van der Waals surface area contributed by atoms with Gasteiger partial charge in [-0.15, -0.1) is 0 Å². The number of amides is 1. The largest absolute Gasteiger partial charge is 0.456 e. The van der Waals surface area contributed by atoms with Gasteiger partial charge in [0.25, 0.3) is 11.5 Å². The summed E-state index contributed by atoms with van der Waals surface area (Å²) in [6.45, 7) is 4.41. The number of carbonyl (C=O) groups excluding carboxylic acids is 2. The number of benzene rings is 1. The predicted octanol–water partition coefficient (Wildman–Crippen LogP) is 2.82. The molecule has 1 amide bonds. The van der Waals surface area contributed by atoms with E-state index in [1.54, 1.807) is 6.07 Å². The normalized spacial score (nSPS) is 14.7. The van der Waals surface area contributed by atoms with E-state index in [4.69, 9.17) is 4.74 Å². The number of hydrogen-bond acceptors (Lipinski definition) is 5. The standard InChI is InChI=1S/C22H29N3O4/c1-3-25(17-9-5-4-6-10-17)19(26)14-29-20(27)12-13-24-15-23-21-16(2)8-7-11-18(21)22(24)28/h7-8,11,15,17H,3-6,9-10,12-14H2,1-2H3. The second-order valence-corrected chi connectivity index (χ2v) is 7.60. The van der Waals surface area contributed by atoms with Crippen molar-refractivity contribution in [2.24, 2.45) is 0 Å². The van der Waals surface area contributed by atoms with Crippen LogP contribution in [0.4, 0.5) is 0 Å². The van der Waals surface area contributed by atoms with Crippen molar-refractivity contribution < 1.29 is 14.3 Å². The quantitative estimate of drug-likeness (QED) is 0.669. The van der Waals surface area contributed by atoms with Gasteiger partial charge in [0.1, 0.15) is 0 Å². The number of hydrogen-bond donors (Lipinski definition) is 0. The van der Waals surface area contributed by atoms with E-state index in [-0.39, 0.29) is 37.1 Å². The highest BCUT2D eigenvalue weighted by Crippen LogP contribution is 2.22. The molecule has 2 aromatic rings. The van der Waals surface area contributed by atoms with Gasteiger partial charge < -0.3 is 9.64 Å². The number of ether oxygens (including phenoxy) is 1. The fourth-order valence-electron chi connectivity index (χ4n) is 4.04. The fraction of sp³-hybridized carbons (Fsp3) is 0.545. The van der Waals surface area contributed by atoms with Crippen LogP contribution in [-0.2, 0) is 20.9 Å². The van der Waals surface area contributed by atoms with Crippen LogP contribution < -0.4 is 5.56 Å². The minimum atomic E-state index is -0.491. The second-order valence-electron chi connectivity index (χ2n) is 7.60. The van der Waals surface area contributed by atoms with Gasteiger partial charge >= 0.3 is 5.97 Å². The lowest BCUT2D eigenvalue weighted by Crippen LogP contribution is -2.43. The Hall–Kier alpha value is -2.70. The first-order valence-electron chi connectivity index (χ1n) is 10.4. The monoisotopic (exact) mass is 399 g/mol. The molecule has 1 fully saturated rings. The van der Waals surface area contributed by atoms with Crippen molar-refractivity contribution in [3.63, 3.8) is 0 Å². The van der Waals surface area contributed by atoms with E-state index in [1.165, 1.54) is 17.3 Å². The van der Waals surface area contributed by atoms with Gasteiger partial charge in [-0.05, 0) is 38.3 Å². The molecular weight excluding hydrogens is 370 g/mol. The Morgan fingerprint density at radius 1 is 1.24 bits per heavy atom. The number of aryl methyl sites for hydroxylation is 2. The van der Waals surface area contributed by atoms with Gasteiger partial charge in [0.2, 0.25) is 0 Å². The van der Waals surface area contributed by atoms with Crippen LogP contribution in [0.2, 0.25) is 0 Å². The molecule has 1 aliphatic carbocycles. The van der Waals surface area contributed by atoms with Crippen molar-refractivity contribution in [3.8, 4) is 0 Å². The number of para-hydroxylation sites is 1. The number of rotatable bonds is 7. The molecule has 0 aliphatic heterocycles. The van der Waals surface area contributed by atoms with E-state index in [9.17, 15) is 14.4 Å². The highest BCUT2D eigenvalue weighted by Gasteiger charge is 2.24. The SMILES string of the molecule is CCN(C(=O)COC(=O)CCn1cnc2c(C)cccc2c1=O)C1CCCCC1. The first-order valence-corrected chi connectivity index (χ1v) is 10.4. The molecule has 1 heterocycles. The molecule has 1 aliphatic rings. The molecule has 3 rings (SSSR count). The third-order valence-electron chi connectivity index (χ3n) is 5.65. The maximum absolute atomic E-state index is 12.6. The van der Waals surface area contributed by atoms with E-state index in [0.717, 1.165) is 31.2 Å². The van der Waals surface area contributed by atoms with Crippen molar-refractivity contribution in [3.05, 3.63) is 40.4 Å². The van der Waals surface area contributed by atoms with Crippen LogP contribution in [0.25, 0.3) is 10.9 Å². The Morgan fingerprint density at radius 2 is 2.00 bits per heavy atom. The van der Waals surface area contributed by atoms with Gasteiger partial charge in [-0.2, -0.15) is 0 Å². The summed E-state index contributed by atoms with van der Waals surface area (Å²) < 4.78 is 6.59. The van der Waals surface area contributed by atoms with Crippen molar-refractivity contribution in [2.75, 3.05) is 13.2 Å². The summed E-state index contributed by atoms with van der Waals surface area (Å²) in [5.74, 6) is -0.637. The zero-order chi connectivity index (χ0) is 20.8. The third kappa shape index (κ3) is 5.02. The summed E-state index contributed by atoms with van der Waals surface area (Å²) in [5, 5.41) is 0.530. The summed E-state index contributed by atoms with van der Waals surface area (Å²) >= 11 is 0. The summed E-state index contributed by atoms with van der Waals surface area (Å²) in [7, 11) is 0. The van der Waals surface area contributed by atoms with E-state index in [2.05, 4.69) is 4.98 Å². The first kappa shape index (κ1) is 21.0. The Labute approximate surface area is 170 Å². The molecule has 0 N–H and O–H groups in total. The molecule has 0 bridgehead atoms. The van der Waals surface area contributed by atoms with Crippen molar-refractivity contribution in [2.45, 2.75) is 65.0 Å².